The molecule has 172 valence electrons. The monoisotopic (exact) mass is 428 g/mol. The van der Waals surface area contributed by atoms with Crippen molar-refractivity contribution in [1.29, 1.82) is 0 Å². The zero-order valence-corrected chi connectivity index (χ0v) is 19.2. The first-order valence-corrected chi connectivity index (χ1v) is 12.3. The van der Waals surface area contributed by atoms with Gasteiger partial charge in [-0.05, 0) is 56.7 Å². The molecule has 0 unspecified atom stereocenters. The largest absolute Gasteiger partial charge is 0.357 e. The predicted molar refractivity (Wildman–Crippen MR) is 127 cm³/mol. The number of anilines is 1. The highest BCUT2D eigenvalue weighted by molar-refractivity contribution is 5.79. The van der Waals surface area contributed by atoms with Crippen molar-refractivity contribution < 1.29 is 4.79 Å². The van der Waals surface area contributed by atoms with Crippen molar-refractivity contribution in [3.05, 3.63) is 23.9 Å². The highest BCUT2D eigenvalue weighted by atomic mass is 16.2. The number of pyridine rings is 1. The molecule has 0 bridgehead atoms. The summed E-state index contributed by atoms with van der Waals surface area (Å²) in [6.45, 7) is 8.28. The third-order valence-electron chi connectivity index (χ3n) is 6.07. The molecule has 2 N–H and O–H groups in total. The van der Waals surface area contributed by atoms with E-state index in [4.69, 9.17) is 4.99 Å². The number of nitrogens with zero attached hydrogens (tertiary/aromatic N) is 4. The summed E-state index contributed by atoms with van der Waals surface area (Å²) in [5.74, 6) is 2.23. The van der Waals surface area contributed by atoms with Crippen LogP contribution >= 0.6 is 0 Å². The van der Waals surface area contributed by atoms with Crippen LogP contribution in [-0.4, -0.2) is 61.0 Å². The number of likely N-dealkylation sites (tertiary alicyclic amines) is 1. The smallest absolute Gasteiger partial charge is 0.222 e. The number of amides is 1. The number of aliphatic imine (C=N–C) groups is 1. The summed E-state index contributed by atoms with van der Waals surface area (Å²) in [6.07, 6.45) is 12.1. The van der Waals surface area contributed by atoms with Gasteiger partial charge >= 0.3 is 0 Å². The van der Waals surface area contributed by atoms with E-state index in [1.165, 1.54) is 37.7 Å². The summed E-state index contributed by atoms with van der Waals surface area (Å²) in [6, 6.07) is 4.24. The average Bonchev–Trinajstić information content (AvgIpc) is 3.18. The van der Waals surface area contributed by atoms with Crippen LogP contribution in [0.4, 0.5) is 5.82 Å². The number of hydrogen-bond donors (Lipinski definition) is 2. The van der Waals surface area contributed by atoms with Gasteiger partial charge in [0.15, 0.2) is 5.96 Å². The molecule has 31 heavy (non-hydrogen) atoms. The van der Waals surface area contributed by atoms with Crippen LogP contribution in [0.2, 0.25) is 0 Å². The number of carbonyl (C=O) groups excluding carboxylic acids is 1. The molecule has 2 aliphatic heterocycles. The highest BCUT2D eigenvalue weighted by Gasteiger charge is 2.15. The van der Waals surface area contributed by atoms with E-state index >= 15 is 0 Å². The van der Waals surface area contributed by atoms with Gasteiger partial charge in [-0.15, -0.1) is 0 Å². The lowest BCUT2D eigenvalue weighted by atomic mass is 10.2. The van der Waals surface area contributed by atoms with E-state index in [9.17, 15) is 4.79 Å². The second-order valence-corrected chi connectivity index (χ2v) is 8.59. The summed E-state index contributed by atoms with van der Waals surface area (Å²) in [5.41, 5.74) is 1.18. The Morgan fingerprint density at radius 2 is 1.84 bits per heavy atom. The van der Waals surface area contributed by atoms with Crippen LogP contribution in [0.25, 0.3) is 0 Å². The molecule has 2 fully saturated rings. The van der Waals surface area contributed by atoms with Gasteiger partial charge in [0.1, 0.15) is 5.82 Å². The highest BCUT2D eigenvalue weighted by Crippen LogP contribution is 2.18. The van der Waals surface area contributed by atoms with Crippen LogP contribution in [0.3, 0.4) is 0 Å². The van der Waals surface area contributed by atoms with Gasteiger partial charge in [0.25, 0.3) is 0 Å². The molecule has 0 atom stereocenters. The van der Waals surface area contributed by atoms with E-state index in [2.05, 4.69) is 39.6 Å². The van der Waals surface area contributed by atoms with E-state index in [0.717, 1.165) is 70.3 Å². The van der Waals surface area contributed by atoms with Crippen LogP contribution in [0.15, 0.2) is 23.3 Å². The molecule has 1 aromatic heterocycles. The molecule has 2 saturated heterocycles. The van der Waals surface area contributed by atoms with E-state index in [1.807, 2.05) is 11.1 Å². The Hall–Kier alpha value is -2.31. The second kappa shape index (κ2) is 13.2. The molecule has 1 amide bonds. The number of guanidine groups is 1. The first kappa shape index (κ1) is 23.4. The quantitative estimate of drug-likeness (QED) is 0.378. The SMILES string of the molecule is CCNC(=NCc1ccnc(N2CCCCCC2)c1)NCCCN1CCCCCC1=O. The molecule has 1 aromatic rings. The van der Waals surface area contributed by atoms with Crippen LogP contribution in [0.5, 0.6) is 0 Å². The minimum atomic E-state index is 0.316. The number of aromatic nitrogens is 1. The maximum atomic E-state index is 12.1. The van der Waals surface area contributed by atoms with Gasteiger partial charge in [-0.3, -0.25) is 4.79 Å². The Morgan fingerprint density at radius 3 is 2.65 bits per heavy atom. The second-order valence-electron chi connectivity index (χ2n) is 8.59. The Labute approximate surface area is 187 Å². The molecule has 7 heteroatoms. The van der Waals surface area contributed by atoms with Gasteiger partial charge in [-0.25, -0.2) is 9.98 Å². The molecule has 7 nitrogen and oxygen atoms in total. The lowest BCUT2D eigenvalue weighted by molar-refractivity contribution is -0.130. The standard InChI is InChI=1S/C24H40N6O/c1-2-25-24(27-13-10-18-30-17-9-5-6-11-23(30)31)28-20-21-12-14-26-22(19-21)29-15-7-3-4-8-16-29/h12,14,19H,2-11,13,15-18,20H2,1H3,(H2,25,27,28). The fraction of sp³-hybridized carbons (Fsp3) is 0.708. The third-order valence-corrected chi connectivity index (χ3v) is 6.07. The fourth-order valence-corrected chi connectivity index (χ4v) is 4.30. The van der Waals surface area contributed by atoms with Crippen LogP contribution in [0, 0.1) is 0 Å². The molecule has 3 heterocycles. The summed E-state index contributed by atoms with van der Waals surface area (Å²) in [4.78, 5) is 25.9. The van der Waals surface area contributed by atoms with Gasteiger partial charge in [0.05, 0.1) is 6.54 Å². The Kier molecular flexibility index (Phi) is 9.93. The van der Waals surface area contributed by atoms with E-state index < -0.39 is 0 Å². The van der Waals surface area contributed by atoms with Crippen molar-refractivity contribution in [2.24, 2.45) is 4.99 Å². The van der Waals surface area contributed by atoms with Gasteiger partial charge in [0.2, 0.25) is 5.91 Å². The van der Waals surface area contributed by atoms with Gasteiger partial charge in [-0.1, -0.05) is 19.3 Å². The minimum Gasteiger partial charge on any atom is -0.357 e. The normalized spacial score (nSPS) is 18.5. The lowest BCUT2D eigenvalue weighted by Crippen LogP contribution is -2.39. The summed E-state index contributed by atoms with van der Waals surface area (Å²) < 4.78 is 0. The van der Waals surface area contributed by atoms with E-state index in [0.29, 0.717) is 18.9 Å². The molecular formula is C24H40N6O. The van der Waals surface area contributed by atoms with E-state index in [-0.39, 0.29) is 0 Å². The number of carbonyl (C=O) groups is 1. The molecule has 0 spiro atoms. The number of nitrogens with one attached hydrogen (secondary N) is 2. The lowest BCUT2D eigenvalue weighted by Gasteiger charge is -2.21. The maximum absolute atomic E-state index is 12.1. The van der Waals surface area contributed by atoms with Crippen LogP contribution in [0.1, 0.15) is 70.3 Å². The molecule has 0 radical (unpaired) electrons. The number of rotatable bonds is 8. The Bertz CT molecular complexity index is 699. The summed E-state index contributed by atoms with van der Waals surface area (Å²) in [5, 5.41) is 6.75. The fourth-order valence-electron chi connectivity index (χ4n) is 4.30. The van der Waals surface area contributed by atoms with Crippen molar-refractivity contribution in [2.75, 3.05) is 44.2 Å². The van der Waals surface area contributed by atoms with Crippen molar-refractivity contribution in [1.82, 2.24) is 20.5 Å². The topological polar surface area (TPSA) is 72.9 Å². The third kappa shape index (κ3) is 8.04. The molecule has 0 saturated carbocycles. The zero-order chi connectivity index (χ0) is 21.7. The maximum Gasteiger partial charge on any atom is 0.222 e. The van der Waals surface area contributed by atoms with Gasteiger partial charge in [-0.2, -0.15) is 0 Å². The molecule has 2 aliphatic rings. The van der Waals surface area contributed by atoms with Crippen LogP contribution in [-0.2, 0) is 11.3 Å². The molecular weight excluding hydrogens is 388 g/mol. The summed E-state index contributed by atoms with van der Waals surface area (Å²) >= 11 is 0. The van der Waals surface area contributed by atoms with Gasteiger partial charge < -0.3 is 20.4 Å². The first-order valence-electron chi connectivity index (χ1n) is 12.3. The van der Waals surface area contributed by atoms with Crippen molar-refractivity contribution >= 4 is 17.7 Å². The van der Waals surface area contributed by atoms with Crippen molar-refractivity contribution in [3.63, 3.8) is 0 Å². The van der Waals surface area contributed by atoms with Gasteiger partial charge in [0, 0.05) is 51.9 Å². The van der Waals surface area contributed by atoms with Crippen LogP contribution < -0.4 is 15.5 Å². The zero-order valence-electron chi connectivity index (χ0n) is 19.2. The first-order chi connectivity index (χ1) is 15.3. The minimum absolute atomic E-state index is 0.316. The Balaban J connectivity index is 1.48. The average molecular weight is 429 g/mol. The number of hydrogen-bond acceptors (Lipinski definition) is 4. The van der Waals surface area contributed by atoms with Crippen molar-refractivity contribution in [2.45, 2.75) is 71.3 Å². The molecule has 0 aliphatic carbocycles. The molecule has 3 rings (SSSR count). The molecule has 0 aromatic carbocycles. The van der Waals surface area contributed by atoms with E-state index in [1.54, 1.807) is 0 Å². The van der Waals surface area contributed by atoms with Crippen molar-refractivity contribution in [3.8, 4) is 0 Å². The summed E-state index contributed by atoms with van der Waals surface area (Å²) in [7, 11) is 0. The Morgan fingerprint density at radius 1 is 1.06 bits per heavy atom. The predicted octanol–water partition coefficient (Wildman–Crippen LogP) is 3.31.